The van der Waals surface area contributed by atoms with Gasteiger partial charge in [-0.3, -0.25) is 4.79 Å². The summed E-state index contributed by atoms with van der Waals surface area (Å²) in [6.45, 7) is 0.209. The third-order valence-electron chi connectivity index (χ3n) is 3.19. The SMILES string of the molecule is COCc1cc(C(=O)NC2(C(=O)O)CCSCC2)no1. The number of nitrogens with zero attached hydrogens (tertiary/aromatic N) is 1. The molecule has 8 heteroatoms. The van der Waals surface area contributed by atoms with E-state index in [9.17, 15) is 14.7 Å². The molecule has 0 spiro atoms. The Labute approximate surface area is 120 Å². The molecule has 2 rings (SSSR count). The zero-order valence-corrected chi connectivity index (χ0v) is 11.9. The molecule has 20 heavy (non-hydrogen) atoms. The monoisotopic (exact) mass is 300 g/mol. The topological polar surface area (TPSA) is 102 Å². The van der Waals surface area contributed by atoms with Gasteiger partial charge in [0.15, 0.2) is 11.5 Å². The molecule has 1 aromatic rings. The number of carbonyl (C=O) groups excluding carboxylic acids is 1. The summed E-state index contributed by atoms with van der Waals surface area (Å²) in [7, 11) is 1.50. The molecule has 1 aromatic heterocycles. The van der Waals surface area contributed by atoms with E-state index in [0.29, 0.717) is 30.1 Å². The smallest absolute Gasteiger partial charge is 0.329 e. The molecule has 0 radical (unpaired) electrons. The van der Waals surface area contributed by atoms with Crippen molar-refractivity contribution in [2.45, 2.75) is 25.0 Å². The van der Waals surface area contributed by atoms with Gasteiger partial charge in [-0.05, 0) is 24.3 Å². The number of carboxylic acids is 1. The zero-order chi connectivity index (χ0) is 14.6. The second-order valence-electron chi connectivity index (χ2n) is 4.57. The highest BCUT2D eigenvalue weighted by molar-refractivity contribution is 7.99. The van der Waals surface area contributed by atoms with Crippen molar-refractivity contribution in [3.63, 3.8) is 0 Å². The number of nitrogens with one attached hydrogen (secondary N) is 1. The van der Waals surface area contributed by atoms with Gasteiger partial charge in [0.25, 0.3) is 5.91 Å². The summed E-state index contributed by atoms with van der Waals surface area (Å²) in [5, 5.41) is 15.6. The standard InChI is InChI=1S/C12H16N2O5S/c1-18-7-8-6-9(14-19-8)10(15)13-12(11(16)17)2-4-20-5-3-12/h6H,2-5,7H2,1H3,(H,13,15)(H,16,17). The minimum atomic E-state index is -1.21. The number of rotatable bonds is 5. The molecule has 2 N–H and O–H groups in total. The van der Waals surface area contributed by atoms with Gasteiger partial charge in [-0.25, -0.2) is 4.79 Å². The molecular formula is C12H16N2O5S. The fourth-order valence-electron chi connectivity index (χ4n) is 2.02. The minimum Gasteiger partial charge on any atom is -0.480 e. The Morgan fingerprint density at radius 3 is 2.85 bits per heavy atom. The second-order valence-corrected chi connectivity index (χ2v) is 5.79. The number of methoxy groups -OCH3 is 1. The van der Waals surface area contributed by atoms with Crippen LogP contribution in [0, 0.1) is 0 Å². The number of carboxylic acid groups (broad SMARTS) is 1. The lowest BCUT2D eigenvalue weighted by Gasteiger charge is -2.33. The summed E-state index contributed by atoms with van der Waals surface area (Å²) in [6.07, 6.45) is 0.809. The van der Waals surface area contributed by atoms with Gasteiger partial charge in [0.1, 0.15) is 12.1 Å². The normalized spacial score (nSPS) is 17.6. The second kappa shape index (κ2) is 6.27. The first-order chi connectivity index (χ1) is 9.57. The predicted octanol–water partition coefficient (Wildman–Crippen LogP) is 0.901. The molecule has 1 aliphatic rings. The highest BCUT2D eigenvalue weighted by Gasteiger charge is 2.41. The summed E-state index contributed by atoms with van der Waals surface area (Å²) >= 11 is 1.68. The number of aliphatic carboxylic acids is 1. The maximum Gasteiger partial charge on any atom is 0.329 e. The van der Waals surface area contributed by atoms with E-state index < -0.39 is 17.4 Å². The Kier molecular flexibility index (Phi) is 4.66. The van der Waals surface area contributed by atoms with E-state index >= 15 is 0 Å². The largest absolute Gasteiger partial charge is 0.480 e. The van der Waals surface area contributed by atoms with Crippen LogP contribution in [0.5, 0.6) is 0 Å². The lowest BCUT2D eigenvalue weighted by Crippen LogP contribution is -2.56. The quantitative estimate of drug-likeness (QED) is 0.833. The Balaban J connectivity index is 2.09. The van der Waals surface area contributed by atoms with Crippen LogP contribution in [-0.2, 0) is 16.1 Å². The van der Waals surface area contributed by atoms with Crippen molar-refractivity contribution in [1.82, 2.24) is 10.5 Å². The average molecular weight is 300 g/mol. The molecule has 0 atom stereocenters. The van der Waals surface area contributed by atoms with Crippen molar-refractivity contribution in [1.29, 1.82) is 0 Å². The van der Waals surface area contributed by atoms with Gasteiger partial charge < -0.3 is 19.7 Å². The number of hydrogen-bond acceptors (Lipinski definition) is 6. The fourth-order valence-corrected chi connectivity index (χ4v) is 3.21. The summed E-state index contributed by atoms with van der Waals surface area (Å²) in [5.74, 6) is 0.291. The van der Waals surface area contributed by atoms with E-state index in [4.69, 9.17) is 9.26 Å². The van der Waals surface area contributed by atoms with E-state index in [0.717, 1.165) is 0 Å². The first kappa shape index (κ1) is 14.9. The van der Waals surface area contributed by atoms with Crippen LogP contribution in [0.15, 0.2) is 10.6 Å². The summed E-state index contributed by atoms with van der Waals surface area (Å²) in [5.41, 5.74) is -1.14. The molecule has 1 aliphatic heterocycles. The summed E-state index contributed by atoms with van der Waals surface area (Å²) in [6, 6.07) is 1.45. The molecule has 1 saturated heterocycles. The van der Waals surface area contributed by atoms with Crippen LogP contribution in [0.3, 0.4) is 0 Å². The van der Waals surface area contributed by atoms with Crippen molar-refractivity contribution >= 4 is 23.6 Å². The van der Waals surface area contributed by atoms with Crippen molar-refractivity contribution in [2.75, 3.05) is 18.6 Å². The highest BCUT2D eigenvalue weighted by Crippen LogP contribution is 2.27. The van der Waals surface area contributed by atoms with Crippen LogP contribution >= 0.6 is 11.8 Å². The molecule has 0 aliphatic carbocycles. The van der Waals surface area contributed by atoms with E-state index in [1.807, 2.05) is 0 Å². The Morgan fingerprint density at radius 2 is 2.25 bits per heavy atom. The molecule has 0 aromatic carbocycles. The van der Waals surface area contributed by atoms with Crippen LogP contribution in [0.25, 0.3) is 0 Å². The van der Waals surface area contributed by atoms with Crippen molar-refractivity contribution in [3.8, 4) is 0 Å². The molecule has 1 amide bonds. The number of amides is 1. The van der Waals surface area contributed by atoms with Crippen LogP contribution in [0.1, 0.15) is 29.1 Å². The van der Waals surface area contributed by atoms with Gasteiger partial charge in [0, 0.05) is 13.2 Å². The summed E-state index contributed by atoms with van der Waals surface area (Å²) in [4.78, 5) is 23.6. The van der Waals surface area contributed by atoms with E-state index in [-0.39, 0.29) is 12.3 Å². The number of hydrogen-bond donors (Lipinski definition) is 2. The number of carbonyl (C=O) groups is 2. The van der Waals surface area contributed by atoms with E-state index in [1.54, 1.807) is 11.8 Å². The van der Waals surface area contributed by atoms with Crippen LogP contribution in [0.2, 0.25) is 0 Å². The van der Waals surface area contributed by atoms with Gasteiger partial charge in [-0.1, -0.05) is 5.16 Å². The highest BCUT2D eigenvalue weighted by atomic mass is 32.2. The van der Waals surface area contributed by atoms with Crippen molar-refractivity contribution in [2.24, 2.45) is 0 Å². The first-order valence-corrected chi connectivity index (χ1v) is 7.31. The third kappa shape index (κ3) is 3.13. The maximum atomic E-state index is 12.1. The first-order valence-electron chi connectivity index (χ1n) is 6.15. The number of ether oxygens (including phenoxy) is 1. The van der Waals surface area contributed by atoms with Gasteiger partial charge in [0.2, 0.25) is 0 Å². The Morgan fingerprint density at radius 1 is 1.55 bits per heavy atom. The van der Waals surface area contributed by atoms with E-state index in [2.05, 4.69) is 10.5 Å². The number of aromatic nitrogens is 1. The molecule has 0 unspecified atom stereocenters. The zero-order valence-electron chi connectivity index (χ0n) is 11.0. The van der Waals surface area contributed by atoms with Gasteiger partial charge in [0.05, 0.1) is 0 Å². The molecule has 0 saturated carbocycles. The Bertz CT molecular complexity index is 496. The maximum absolute atomic E-state index is 12.1. The lowest BCUT2D eigenvalue weighted by molar-refractivity contribution is -0.144. The van der Waals surface area contributed by atoms with Gasteiger partial charge in [-0.2, -0.15) is 11.8 Å². The average Bonchev–Trinajstić information content (AvgIpc) is 2.89. The van der Waals surface area contributed by atoms with Crippen LogP contribution in [-0.4, -0.2) is 46.3 Å². The third-order valence-corrected chi connectivity index (χ3v) is 4.17. The van der Waals surface area contributed by atoms with E-state index in [1.165, 1.54) is 13.2 Å². The molecule has 7 nitrogen and oxygen atoms in total. The molecule has 2 heterocycles. The predicted molar refractivity (Wildman–Crippen MR) is 71.6 cm³/mol. The van der Waals surface area contributed by atoms with Crippen LogP contribution < -0.4 is 5.32 Å². The number of thioether (sulfide) groups is 1. The Hall–Kier alpha value is -1.54. The van der Waals surface area contributed by atoms with Crippen molar-refractivity contribution < 1.29 is 24.0 Å². The molecular weight excluding hydrogens is 284 g/mol. The van der Waals surface area contributed by atoms with Crippen molar-refractivity contribution in [3.05, 3.63) is 17.5 Å². The fraction of sp³-hybridized carbons (Fsp3) is 0.583. The molecule has 110 valence electrons. The molecule has 0 bridgehead atoms. The molecule has 1 fully saturated rings. The van der Waals surface area contributed by atoms with Crippen LogP contribution in [0.4, 0.5) is 0 Å². The summed E-state index contributed by atoms with van der Waals surface area (Å²) < 4.78 is 9.79. The lowest BCUT2D eigenvalue weighted by atomic mass is 9.92. The minimum absolute atomic E-state index is 0.0656. The van der Waals surface area contributed by atoms with Gasteiger partial charge in [-0.15, -0.1) is 0 Å². The van der Waals surface area contributed by atoms with Gasteiger partial charge >= 0.3 is 5.97 Å².